The molecule has 0 N–H and O–H groups in total. The maximum Gasteiger partial charge on any atom is 0.306 e. The van der Waals surface area contributed by atoms with Gasteiger partial charge in [-0.15, -0.1) is 0 Å². The first-order chi connectivity index (χ1) is 37.0. The Morgan fingerprint density at radius 2 is 0.711 bits per heavy atom. The Balaban J connectivity index is 4.23. The van der Waals surface area contributed by atoms with Crippen LogP contribution in [0.25, 0.3) is 0 Å². The molecule has 0 aromatic heterocycles. The molecule has 0 aromatic rings. The van der Waals surface area contributed by atoms with Crippen molar-refractivity contribution >= 4 is 19.8 Å². The summed E-state index contributed by atoms with van der Waals surface area (Å²) < 4.78 is 34.2. The van der Waals surface area contributed by atoms with Crippen LogP contribution in [0.5, 0.6) is 0 Å². The Bertz CT molecular complexity index is 1740. The van der Waals surface area contributed by atoms with E-state index in [1.165, 1.54) is 51.4 Å². The first-order valence-electron chi connectivity index (χ1n) is 29.9. The van der Waals surface area contributed by atoms with E-state index in [0.29, 0.717) is 17.4 Å². The summed E-state index contributed by atoms with van der Waals surface area (Å²) in [5.41, 5.74) is 0. The highest BCUT2D eigenvalue weighted by molar-refractivity contribution is 7.45. The summed E-state index contributed by atoms with van der Waals surface area (Å²) in [4.78, 5) is 37.9. The SMILES string of the molecule is CC/C=C\C/C=C\C/C=C\C/C=C\C/C=C\C/C=C\C/C=C\CCCCCCCCCC(=O)OC(COC(=O)CCCCCCCCCCCC/C=C\C/C=C\C/C=C\C/C=C\CC)COP(=O)([O-])OCC[N+](C)(C)C. The molecule has 0 amide bonds. The predicted octanol–water partition coefficient (Wildman–Crippen LogP) is 18.3. The number of esters is 2. The minimum Gasteiger partial charge on any atom is -0.756 e. The van der Waals surface area contributed by atoms with Crippen LogP contribution in [-0.4, -0.2) is 70.0 Å². The molecule has 10 heteroatoms. The molecule has 0 heterocycles. The van der Waals surface area contributed by atoms with Crippen LogP contribution in [0, 0.1) is 0 Å². The van der Waals surface area contributed by atoms with E-state index in [9.17, 15) is 19.0 Å². The van der Waals surface area contributed by atoms with Crippen LogP contribution >= 0.6 is 7.82 Å². The van der Waals surface area contributed by atoms with Crippen LogP contribution in [0.4, 0.5) is 0 Å². The number of phosphoric acid groups is 1. The fraction of sp³-hybridized carbons (Fsp3) is 0.636. The van der Waals surface area contributed by atoms with Gasteiger partial charge in [-0.05, 0) is 109 Å². The van der Waals surface area contributed by atoms with Crippen molar-refractivity contribution in [2.75, 3.05) is 47.5 Å². The number of unbranched alkanes of at least 4 members (excludes halogenated alkanes) is 17. The molecule has 2 atom stereocenters. The lowest BCUT2D eigenvalue weighted by Gasteiger charge is -2.28. The molecule has 0 aliphatic rings. The van der Waals surface area contributed by atoms with Crippen LogP contribution in [0.15, 0.2) is 134 Å². The zero-order valence-corrected chi connectivity index (χ0v) is 49.8. The summed E-state index contributed by atoms with van der Waals surface area (Å²) >= 11 is 0. The molecular weight excluding hydrogens is 966 g/mol. The zero-order valence-electron chi connectivity index (χ0n) is 48.9. The van der Waals surface area contributed by atoms with Gasteiger partial charge in [0.2, 0.25) is 0 Å². The second-order valence-corrected chi connectivity index (χ2v) is 22.0. The second kappa shape index (κ2) is 55.9. The van der Waals surface area contributed by atoms with Crippen molar-refractivity contribution in [3.63, 3.8) is 0 Å². The maximum atomic E-state index is 12.8. The highest BCUT2D eigenvalue weighted by Crippen LogP contribution is 2.38. The van der Waals surface area contributed by atoms with Gasteiger partial charge in [-0.3, -0.25) is 14.2 Å². The van der Waals surface area contributed by atoms with Gasteiger partial charge in [0.05, 0.1) is 27.7 Å². The fourth-order valence-electron chi connectivity index (χ4n) is 7.63. The van der Waals surface area contributed by atoms with Crippen molar-refractivity contribution in [3.8, 4) is 0 Å². The zero-order chi connectivity index (χ0) is 55.6. The molecule has 0 aliphatic carbocycles. The number of carbonyl (C=O) groups is 2. The summed E-state index contributed by atoms with van der Waals surface area (Å²) in [5.74, 6) is -0.859. The normalized spacial score (nSPS) is 14.2. The maximum absolute atomic E-state index is 12.8. The van der Waals surface area contributed by atoms with Crippen LogP contribution < -0.4 is 4.89 Å². The van der Waals surface area contributed by atoms with Crippen LogP contribution in [0.2, 0.25) is 0 Å². The summed E-state index contributed by atoms with van der Waals surface area (Å²) in [6.07, 6.45) is 80.6. The lowest BCUT2D eigenvalue weighted by molar-refractivity contribution is -0.870. The molecule has 0 fully saturated rings. The average molecular weight is 1080 g/mol. The Morgan fingerprint density at radius 1 is 0.408 bits per heavy atom. The minimum atomic E-state index is -4.65. The Labute approximate surface area is 466 Å². The van der Waals surface area contributed by atoms with Gasteiger partial charge in [0.1, 0.15) is 19.8 Å². The molecule has 0 saturated heterocycles. The Kier molecular flexibility index (Phi) is 53.1. The molecular formula is C66H110NO8P. The van der Waals surface area contributed by atoms with E-state index >= 15 is 0 Å². The number of nitrogens with zero attached hydrogens (tertiary/aromatic N) is 1. The van der Waals surface area contributed by atoms with Crippen molar-refractivity contribution in [2.45, 2.75) is 225 Å². The van der Waals surface area contributed by atoms with E-state index < -0.39 is 32.5 Å². The van der Waals surface area contributed by atoms with Crippen LogP contribution in [0.3, 0.4) is 0 Å². The van der Waals surface area contributed by atoms with E-state index in [1.807, 2.05) is 21.1 Å². The van der Waals surface area contributed by atoms with Crippen molar-refractivity contribution in [2.24, 2.45) is 0 Å². The summed E-state index contributed by atoms with van der Waals surface area (Å²) in [6, 6.07) is 0. The molecule has 0 bridgehead atoms. The predicted molar refractivity (Wildman–Crippen MR) is 323 cm³/mol. The van der Waals surface area contributed by atoms with Gasteiger partial charge < -0.3 is 27.9 Å². The Hall–Kier alpha value is -3.85. The molecule has 432 valence electrons. The number of hydrogen-bond donors (Lipinski definition) is 0. The lowest BCUT2D eigenvalue weighted by Crippen LogP contribution is -2.37. The monoisotopic (exact) mass is 1080 g/mol. The third kappa shape index (κ3) is 59.4. The first kappa shape index (κ1) is 72.2. The lowest BCUT2D eigenvalue weighted by atomic mass is 10.1. The minimum absolute atomic E-state index is 0.0414. The van der Waals surface area contributed by atoms with Crippen LogP contribution in [0.1, 0.15) is 219 Å². The van der Waals surface area contributed by atoms with Gasteiger partial charge in [-0.1, -0.05) is 231 Å². The highest BCUT2D eigenvalue weighted by Gasteiger charge is 2.21. The second-order valence-electron chi connectivity index (χ2n) is 20.6. The fourth-order valence-corrected chi connectivity index (χ4v) is 8.36. The number of hydrogen-bond acceptors (Lipinski definition) is 8. The number of quaternary nitrogens is 1. The van der Waals surface area contributed by atoms with E-state index in [-0.39, 0.29) is 26.1 Å². The first-order valence-corrected chi connectivity index (χ1v) is 31.4. The molecule has 0 spiro atoms. The molecule has 9 nitrogen and oxygen atoms in total. The standard InChI is InChI=1S/C66H110NO8P/c1-6-8-10-12-14-16-18-20-22-24-26-28-30-31-32-33-34-35-37-39-41-43-45-47-49-51-53-55-57-59-66(69)75-64(63-74-76(70,71)73-61-60-67(3,4)5)62-72-65(68)58-56-54-52-50-48-46-44-42-40-38-36-29-27-25-23-21-19-17-15-13-11-9-7-2/h8-11,14-17,20-23,26-29,31-32,34-35,39,41,64H,6-7,12-13,18-19,24-25,30,33,36-38,40,42-63H2,1-5H3/b10-8-,11-9-,16-14-,17-15-,22-20-,23-21-,28-26-,29-27-,32-31-,35-34-,41-39-. The number of rotatable bonds is 53. The number of carbonyl (C=O) groups excluding carboxylic acids is 2. The van der Waals surface area contributed by atoms with Gasteiger partial charge in [0, 0.05) is 12.8 Å². The number of likely N-dealkylation sites (N-methyl/N-ethyl adjacent to an activating group) is 1. The summed E-state index contributed by atoms with van der Waals surface area (Å²) in [6.45, 7) is 3.98. The van der Waals surface area contributed by atoms with Gasteiger partial charge >= 0.3 is 11.9 Å². The third-order valence-electron chi connectivity index (χ3n) is 12.2. The molecule has 0 aromatic carbocycles. The molecule has 0 radical (unpaired) electrons. The number of ether oxygens (including phenoxy) is 2. The quantitative estimate of drug-likeness (QED) is 0.0195. The summed E-state index contributed by atoms with van der Waals surface area (Å²) in [5, 5.41) is 0. The number of phosphoric ester groups is 1. The van der Waals surface area contributed by atoms with Crippen molar-refractivity contribution in [1.82, 2.24) is 0 Å². The largest absolute Gasteiger partial charge is 0.756 e. The van der Waals surface area contributed by atoms with Crippen molar-refractivity contribution in [3.05, 3.63) is 134 Å². The van der Waals surface area contributed by atoms with Crippen molar-refractivity contribution < 1.29 is 42.1 Å². The van der Waals surface area contributed by atoms with E-state index in [2.05, 4.69) is 148 Å². The molecule has 0 rings (SSSR count). The van der Waals surface area contributed by atoms with E-state index in [4.69, 9.17) is 18.5 Å². The van der Waals surface area contributed by atoms with Gasteiger partial charge in [-0.2, -0.15) is 0 Å². The molecule has 0 aliphatic heterocycles. The van der Waals surface area contributed by atoms with E-state index in [1.54, 1.807) is 0 Å². The van der Waals surface area contributed by atoms with Gasteiger partial charge in [0.25, 0.3) is 7.82 Å². The van der Waals surface area contributed by atoms with Gasteiger partial charge in [0.15, 0.2) is 6.10 Å². The average Bonchev–Trinajstić information content (AvgIpc) is 3.38. The molecule has 2 unspecified atom stereocenters. The topological polar surface area (TPSA) is 111 Å². The molecule has 0 saturated carbocycles. The van der Waals surface area contributed by atoms with Crippen molar-refractivity contribution in [1.29, 1.82) is 0 Å². The number of allylic oxidation sites excluding steroid dienone is 22. The van der Waals surface area contributed by atoms with Gasteiger partial charge in [-0.25, -0.2) is 0 Å². The highest BCUT2D eigenvalue weighted by atomic mass is 31.2. The summed E-state index contributed by atoms with van der Waals surface area (Å²) in [7, 11) is 1.14. The Morgan fingerprint density at radius 3 is 1.05 bits per heavy atom. The smallest absolute Gasteiger partial charge is 0.306 e. The third-order valence-corrected chi connectivity index (χ3v) is 13.1. The molecule has 76 heavy (non-hydrogen) atoms. The van der Waals surface area contributed by atoms with E-state index in [0.717, 1.165) is 135 Å². The van der Waals surface area contributed by atoms with Crippen LogP contribution in [-0.2, 0) is 32.7 Å².